The molecule has 0 spiro atoms. The Balaban J connectivity index is 1.91. The molecule has 2 aromatic rings. The Morgan fingerprint density at radius 2 is 2.05 bits per heavy atom. The first-order chi connectivity index (χ1) is 9.54. The molecular formula is C14H11BrClF2NS. The first-order valence-corrected chi connectivity index (χ1v) is 8.22. The summed E-state index contributed by atoms with van der Waals surface area (Å²) in [7, 11) is 0. The van der Waals surface area contributed by atoms with Gasteiger partial charge in [-0.3, -0.25) is 0 Å². The van der Waals surface area contributed by atoms with Crippen molar-refractivity contribution in [2.45, 2.75) is 25.3 Å². The Morgan fingerprint density at radius 3 is 2.85 bits per heavy atom. The quantitative estimate of drug-likeness (QED) is 0.638. The SMILES string of the molecule is Fc1cc(F)c(NC2CCCc3sc(Cl)cc32)cc1Br. The Hall–Kier alpha value is -0.650. The number of rotatable bonds is 2. The van der Waals surface area contributed by atoms with Gasteiger partial charge in [0.25, 0.3) is 0 Å². The zero-order valence-electron chi connectivity index (χ0n) is 10.4. The Morgan fingerprint density at radius 1 is 1.25 bits per heavy atom. The molecule has 1 unspecified atom stereocenters. The number of thiophene rings is 1. The fraction of sp³-hybridized carbons (Fsp3) is 0.286. The van der Waals surface area contributed by atoms with Gasteiger partial charge in [-0.05, 0) is 52.9 Å². The second-order valence-corrected chi connectivity index (χ2v) is 7.39. The summed E-state index contributed by atoms with van der Waals surface area (Å²) >= 11 is 10.7. The molecule has 20 heavy (non-hydrogen) atoms. The van der Waals surface area contributed by atoms with Gasteiger partial charge in [0.1, 0.15) is 11.6 Å². The van der Waals surface area contributed by atoms with Crippen LogP contribution in [0.2, 0.25) is 4.34 Å². The van der Waals surface area contributed by atoms with E-state index < -0.39 is 11.6 Å². The third kappa shape index (κ3) is 2.71. The molecular weight excluding hydrogens is 368 g/mol. The number of hydrogen-bond acceptors (Lipinski definition) is 2. The summed E-state index contributed by atoms with van der Waals surface area (Å²) in [5, 5.41) is 3.16. The standard InChI is InChI=1S/C14H11BrClF2NS/c15-8-5-12(10(18)6-9(8)17)19-11-2-1-3-13-7(11)4-14(16)20-13/h4-6,11,19H,1-3H2. The molecule has 1 aliphatic carbocycles. The summed E-state index contributed by atoms with van der Waals surface area (Å²) in [6.07, 6.45) is 2.96. The first-order valence-electron chi connectivity index (χ1n) is 6.24. The molecule has 0 aliphatic heterocycles. The highest BCUT2D eigenvalue weighted by Crippen LogP contribution is 2.40. The fourth-order valence-corrected chi connectivity index (χ4v) is 4.22. The molecule has 1 aromatic carbocycles. The molecule has 0 saturated carbocycles. The van der Waals surface area contributed by atoms with Gasteiger partial charge in [-0.1, -0.05) is 11.6 Å². The minimum atomic E-state index is -0.601. The van der Waals surface area contributed by atoms with Crippen molar-refractivity contribution in [1.82, 2.24) is 0 Å². The highest BCUT2D eigenvalue weighted by molar-refractivity contribution is 9.10. The molecule has 1 atom stereocenters. The lowest BCUT2D eigenvalue weighted by Crippen LogP contribution is -2.16. The molecule has 0 saturated heterocycles. The van der Waals surface area contributed by atoms with Gasteiger partial charge in [-0.2, -0.15) is 0 Å². The average molecular weight is 379 g/mol. The zero-order chi connectivity index (χ0) is 14.3. The van der Waals surface area contributed by atoms with Crippen molar-refractivity contribution in [3.8, 4) is 0 Å². The Bertz CT molecular complexity index is 659. The van der Waals surface area contributed by atoms with E-state index in [1.165, 1.54) is 10.9 Å². The van der Waals surface area contributed by atoms with Gasteiger partial charge in [0.15, 0.2) is 0 Å². The average Bonchev–Trinajstić information content (AvgIpc) is 2.77. The molecule has 1 heterocycles. The number of nitrogens with one attached hydrogen (secondary N) is 1. The highest BCUT2D eigenvalue weighted by atomic mass is 79.9. The molecule has 106 valence electrons. The van der Waals surface area contributed by atoms with Crippen LogP contribution in [0.3, 0.4) is 0 Å². The van der Waals surface area contributed by atoms with Crippen molar-refractivity contribution in [2.75, 3.05) is 5.32 Å². The molecule has 0 fully saturated rings. The predicted octanol–water partition coefficient (Wildman–Crippen LogP) is 5.93. The van der Waals surface area contributed by atoms with Crippen molar-refractivity contribution in [1.29, 1.82) is 0 Å². The van der Waals surface area contributed by atoms with Gasteiger partial charge in [-0.25, -0.2) is 8.78 Å². The lowest BCUT2D eigenvalue weighted by Gasteiger charge is -2.25. The fourth-order valence-electron chi connectivity index (χ4n) is 2.49. The smallest absolute Gasteiger partial charge is 0.149 e. The van der Waals surface area contributed by atoms with Crippen LogP contribution < -0.4 is 5.32 Å². The van der Waals surface area contributed by atoms with Crippen molar-refractivity contribution < 1.29 is 8.78 Å². The van der Waals surface area contributed by atoms with Crippen LogP contribution >= 0.6 is 38.9 Å². The van der Waals surface area contributed by atoms with Crippen LogP contribution in [-0.4, -0.2) is 0 Å². The van der Waals surface area contributed by atoms with Gasteiger partial charge in [0, 0.05) is 10.9 Å². The maximum Gasteiger partial charge on any atom is 0.149 e. The summed E-state index contributed by atoms with van der Waals surface area (Å²) in [5.74, 6) is -1.19. The van der Waals surface area contributed by atoms with Crippen LogP contribution in [0.4, 0.5) is 14.5 Å². The van der Waals surface area contributed by atoms with E-state index in [2.05, 4.69) is 21.2 Å². The van der Waals surface area contributed by atoms with Gasteiger partial charge in [0.2, 0.25) is 0 Å². The molecule has 0 radical (unpaired) electrons. The summed E-state index contributed by atoms with van der Waals surface area (Å²) in [5.41, 5.74) is 1.43. The number of aryl methyl sites for hydroxylation is 1. The lowest BCUT2D eigenvalue weighted by molar-refractivity contribution is 0.570. The van der Waals surface area contributed by atoms with Crippen LogP contribution in [0.5, 0.6) is 0 Å². The molecule has 1 nitrogen and oxygen atoms in total. The summed E-state index contributed by atoms with van der Waals surface area (Å²) < 4.78 is 28.1. The summed E-state index contributed by atoms with van der Waals surface area (Å²) in [6, 6.07) is 4.28. The van der Waals surface area contributed by atoms with Gasteiger partial charge >= 0.3 is 0 Å². The molecule has 0 bridgehead atoms. The van der Waals surface area contributed by atoms with Crippen LogP contribution in [0.1, 0.15) is 29.3 Å². The van der Waals surface area contributed by atoms with Crippen LogP contribution in [0.15, 0.2) is 22.7 Å². The van der Waals surface area contributed by atoms with Crippen molar-refractivity contribution in [2.24, 2.45) is 0 Å². The summed E-state index contributed by atoms with van der Waals surface area (Å²) in [6.45, 7) is 0. The Kier molecular flexibility index (Phi) is 4.02. The van der Waals surface area contributed by atoms with E-state index in [1.54, 1.807) is 11.3 Å². The molecule has 1 N–H and O–H groups in total. The van der Waals surface area contributed by atoms with Gasteiger partial charge < -0.3 is 5.32 Å². The molecule has 6 heteroatoms. The third-order valence-electron chi connectivity index (χ3n) is 3.42. The minimum Gasteiger partial charge on any atom is -0.376 e. The molecule has 1 aliphatic rings. The second-order valence-electron chi connectivity index (χ2n) is 4.76. The van der Waals surface area contributed by atoms with E-state index in [0.717, 1.165) is 35.2 Å². The Labute approximate surface area is 133 Å². The third-order valence-corrected chi connectivity index (χ3v) is 5.37. The van der Waals surface area contributed by atoms with Crippen molar-refractivity contribution in [3.05, 3.63) is 49.1 Å². The number of hydrogen-bond donors (Lipinski definition) is 1. The number of anilines is 1. The highest BCUT2D eigenvalue weighted by Gasteiger charge is 2.23. The van der Waals surface area contributed by atoms with Gasteiger partial charge in [0.05, 0.1) is 20.5 Å². The second kappa shape index (κ2) is 5.62. The number of benzene rings is 1. The molecule has 0 amide bonds. The maximum atomic E-state index is 13.8. The topological polar surface area (TPSA) is 12.0 Å². The van der Waals surface area contributed by atoms with E-state index >= 15 is 0 Å². The van der Waals surface area contributed by atoms with Crippen molar-refractivity contribution >= 4 is 44.6 Å². The summed E-state index contributed by atoms with van der Waals surface area (Å²) in [4.78, 5) is 1.25. The lowest BCUT2D eigenvalue weighted by atomic mass is 9.94. The largest absolute Gasteiger partial charge is 0.376 e. The normalized spacial score (nSPS) is 17.9. The van der Waals surface area contributed by atoms with Crippen LogP contribution in [0, 0.1) is 11.6 Å². The predicted molar refractivity (Wildman–Crippen MR) is 82.7 cm³/mol. The molecule has 3 rings (SSSR count). The van der Waals surface area contributed by atoms with E-state index in [4.69, 9.17) is 11.6 Å². The number of halogens is 4. The maximum absolute atomic E-state index is 13.8. The van der Waals surface area contributed by atoms with Gasteiger partial charge in [-0.15, -0.1) is 11.3 Å². The first kappa shape index (κ1) is 14.3. The van der Waals surface area contributed by atoms with E-state index in [-0.39, 0.29) is 10.5 Å². The minimum absolute atomic E-state index is 0.0226. The molecule has 1 aromatic heterocycles. The zero-order valence-corrected chi connectivity index (χ0v) is 13.5. The van der Waals surface area contributed by atoms with E-state index in [1.807, 2.05) is 6.07 Å². The van der Waals surface area contributed by atoms with Crippen molar-refractivity contribution in [3.63, 3.8) is 0 Å². The van der Waals surface area contributed by atoms with Crippen LogP contribution in [0.25, 0.3) is 0 Å². The monoisotopic (exact) mass is 377 g/mol. The number of fused-ring (bicyclic) bond motifs is 1. The van der Waals surface area contributed by atoms with E-state index in [9.17, 15) is 8.78 Å². The van der Waals surface area contributed by atoms with E-state index in [0.29, 0.717) is 5.69 Å². The van der Waals surface area contributed by atoms with Crippen LogP contribution in [-0.2, 0) is 6.42 Å².